The normalized spacial score (nSPS) is 10.1. The van der Waals surface area contributed by atoms with E-state index in [-0.39, 0.29) is 5.91 Å². The molecule has 0 bridgehead atoms. The minimum absolute atomic E-state index is 0.193. The Bertz CT molecular complexity index is 567. The largest absolute Gasteiger partial charge is 0.385 e. The molecule has 1 amide bonds. The van der Waals surface area contributed by atoms with Crippen LogP contribution in [0, 0.1) is 0 Å². The van der Waals surface area contributed by atoms with Gasteiger partial charge in [-0.2, -0.15) is 0 Å². The predicted molar refractivity (Wildman–Crippen MR) is 82.4 cm³/mol. The summed E-state index contributed by atoms with van der Waals surface area (Å²) in [5.74, 6) is 0.287. The lowest BCUT2D eigenvalue weighted by atomic mass is 10.2. The van der Waals surface area contributed by atoms with Crippen LogP contribution in [-0.2, 0) is 0 Å². The van der Waals surface area contributed by atoms with Crippen LogP contribution < -0.4 is 10.6 Å². The van der Waals surface area contributed by atoms with Gasteiger partial charge in [-0.05, 0) is 42.8 Å². The fourth-order valence-electron chi connectivity index (χ4n) is 1.65. The highest BCUT2D eigenvalue weighted by atomic mass is 35.5. The average Bonchev–Trinajstić information content (AvgIpc) is 2.48. The number of carbonyl (C=O) groups is 1. The fraction of sp³-hybridized carbons (Fsp3) is 0.200. The second-order valence-electron chi connectivity index (χ2n) is 4.32. The van der Waals surface area contributed by atoms with Gasteiger partial charge in [-0.1, -0.05) is 18.5 Å². The van der Waals surface area contributed by atoms with Crippen LogP contribution in [0.3, 0.4) is 0 Å². The van der Waals surface area contributed by atoms with Gasteiger partial charge in [-0.15, -0.1) is 0 Å². The van der Waals surface area contributed by atoms with E-state index in [0.29, 0.717) is 16.4 Å². The molecule has 0 unspecified atom stereocenters. The maximum atomic E-state index is 12.0. The number of rotatable bonds is 5. The lowest BCUT2D eigenvalue weighted by Gasteiger charge is -2.07. The molecule has 2 rings (SSSR count). The first-order chi connectivity index (χ1) is 9.69. The molecular weight excluding hydrogens is 274 g/mol. The number of pyridine rings is 1. The molecule has 4 nitrogen and oxygen atoms in total. The van der Waals surface area contributed by atoms with Gasteiger partial charge >= 0.3 is 0 Å². The van der Waals surface area contributed by atoms with Gasteiger partial charge in [0.05, 0.1) is 5.02 Å². The van der Waals surface area contributed by atoms with Crippen LogP contribution in [0.25, 0.3) is 0 Å². The summed E-state index contributed by atoms with van der Waals surface area (Å²) in [7, 11) is 0. The Morgan fingerprint density at radius 2 is 1.95 bits per heavy atom. The third kappa shape index (κ3) is 3.96. The van der Waals surface area contributed by atoms with Crippen LogP contribution >= 0.6 is 11.6 Å². The molecule has 0 fully saturated rings. The zero-order valence-electron chi connectivity index (χ0n) is 11.2. The van der Waals surface area contributed by atoms with Crippen molar-refractivity contribution in [2.24, 2.45) is 0 Å². The molecular formula is C15H16ClN3O. The quantitative estimate of drug-likeness (QED) is 0.880. The molecule has 20 heavy (non-hydrogen) atoms. The summed E-state index contributed by atoms with van der Waals surface area (Å²) in [6.45, 7) is 3.02. The number of nitrogens with zero attached hydrogens (tertiary/aromatic N) is 1. The van der Waals surface area contributed by atoms with Crippen molar-refractivity contribution in [3.63, 3.8) is 0 Å². The third-order valence-corrected chi connectivity index (χ3v) is 2.92. The van der Waals surface area contributed by atoms with E-state index < -0.39 is 0 Å². The smallest absolute Gasteiger partial charge is 0.256 e. The molecule has 2 N–H and O–H groups in total. The molecule has 0 atom stereocenters. The third-order valence-electron chi connectivity index (χ3n) is 2.70. The maximum Gasteiger partial charge on any atom is 0.256 e. The molecule has 104 valence electrons. The second kappa shape index (κ2) is 6.91. The number of nitrogens with one attached hydrogen (secondary N) is 2. The standard InChI is InChI=1S/C15H16ClN3O/c1-2-9-17-13-6-3-11(4-7-13)15(20)19-14-8-5-12(16)10-18-14/h3-8,10,17H,2,9H2,1H3,(H,18,19,20). The van der Waals surface area contributed by atoms with E-state index in [2.05, 4.69) is 22.5 Å². The number of hydrogen-bond acceptors (Lipinski definition) is 3. The molecule has 0 aliphatic rings. The van der Waals surface area contributed by atoms with E-state index in [1.807, 2.05) is 12.1 Å². The van der Waals surface area contributed by atoms with Gasteiger partial charge in [0.15, 0.2) is 0 Å². The summed E-state index contributed by atoms with van der Waals surface area (Å²) in [5.41, 5.74) is 1.59. The zero-order valence-corrected chi connectivity index (χ0v) is 11.9. The van der Waals surface area contributed by atoms with E-state index in [0.717, 1.165) is 18.7 Å². The Kier molecular flexibility index (Phi) is 4.96. The lowest BCUT2D eigenvalue weighted by Crippen LogP contribution is -2.12. The van der Waals surface area contributed by atoms with Gasteiger partial charge in [0, 0.05) is 24.0 Å². The van der Waals surface area contributed by atoms with Crippen molar-refractivity contribution in [1.29, 1.82) is 0 Å². The first-order valence-electron chi connectivity index (χ1n) is 6.46. The van der Waals surface area contributed by atoms with E-state index in [4.69, 9.17) is 11.6 Å². The summed E-state index contributed by atoms with van der Waals surface area (Å²) in [4.78, 5) is 16.0. The molecule has 0 aliphatic carbocycles. The molecule has 0 aliphatic heterocycles. The lowest BCUT2D eigenvalue weighted by molar-refractivity contribution is 0.102. The van der Waals surface area contributed by atoms with E-state index in [9.17, 15) is 4.79 Å². The minimum atomic E-state index is -0.193. The molecule has 2 aromatic rings. The summed E-state index contributed by atoms with van der Waals surface area (Å²) in [6, 6.07) is 10.7. The molecule has 0 saturated heterocycles. The highest BCUT2D eigenvalue weighted by Crippen LogP contribution is 2.13. The summed E-state index contributed by atoms with van der Waals surface area (Å²) in [6.07, 6.45) is 2.55. The fourth-order valence-corrected chi connectivity index (χ4v) is 1.76. The Balaban J connectivity index is 2.00. The number of aromatic nitrogens is 1. The summed E-state index contributed by atoms with van der Waals surface area (Å²) < 4.78 is 0. The molecule has 1 aromatic heterocycles. The molecule has 0 saturated carbocycles. The molecule has 1 heterocycles. The minimum Gasteiger partial charge on any atom is -0.385 e. The van der Waals surface area contributed by atoms with Gasteiger partial charge in [0.2, 0.25) is 0 Å². The van der Waals surface area contributed by atoms with Crippen molar-refractivity contribution in [3.05, 3.63) is 53.2 Å². The van der Waals surface area contributed by atoms with E-state index in [1.165, 1.54) is 6.20 Å². The van der Waals surface area contributed by atoms with E-state index >= 15 is 0 Å². The van der Waals surface area contributed by atoms with Crippen molar-refractivity contribution in [2.75, 3.05) is 17.2 Å². The van der Waals surface area contributed by atoms with Crippen molar-refractivity contribution < 1.29 is 4.79 Å². The topological polar surface area (TPSA) is 54.0 Å². The SMILES string of the molecule is CCCNc1ccc(C(=O)Nc2ccc(Cl)cn2)cc1. The van der Waals surface area contributed by atoms with Gasteiger partial charge in [-0.3, -0.25) is 4.79 Å². The van der Waals surface area contributed by atoms with Gasteiger partial charge < -0.3 is 10.6 Å². The van der Waals surface area contributed by atoms with Crippen molar-refractivity contribution in [2.45, 2.75) is 13.3 Å². The Hall–Kier alpha value is -2.07. The number of halogens is 1. The van der Waals surface area contributed by atoms with Gasteiger partial charge in [0.1, 0.15) is 5.82 Å². The number of amides is 1. The Morgan fingerprint density at radius 1 is 1.20 bits per heavy atom. The summed E-state index contributed by atoms with van der Waals surface area (Å²) in [5, 5.41) is 6.51. The van der Waals surface area contributed by atoms with Gasteiger partial charge in [0.25, 0.3) is 5.91 Å². The number of anilines is 2. The van der Waals surface area contributed by atoms with Crippen molar-refractivity contribution >= 4 is 29.0 Å². The van der Waals surface area contributed by atoms with Crippen LogP contribution in [0.15, 0.2) is 42.6 Å². The zero-order chi connectivity index (χ0) is 14.4. The average molecular weight is 290 g/mol. The van der Waals surface area contributed by atoms with Crippen molar-refractivity contribution in [3.8, 4) is 0 Å². The second-order valence-corrected chi connectivity index (χ2v) is 4.76. The first-order valence-corrected chi connectivity index (χ1v) is 6.83. The number of hydrogen-bond donors (Lipinski definition) is 2. The molecule has 1 aromatic carbocycles. The van der Waals surface area contributed by atoms with Crippen LogP contribution in [-0.4, -0.2) is 17.4 Å². The molecule has 0 spiro atoms. The van der Waals surface area contributed by atoms with Crippen molar-refractivity contribution in [1.82, 2.24) is 4.98 Å². The maximum absolute atomic E-state index is 12.0. The van der Waals surface area contributed by atoms with Crippen LogP contribution in [0.1, 0.15) is 23.7 Å². The predicted octanol–water partition coefficient (Wildman–Crippen LogP) is 3.81. The Labute approximate surface area is 123 Å². The number of carbonyl (C=O) groups excluding carboxylic acids is 1. The first kappa shape index (κ1) is 14.3. The summed E-state index contributed by atoms with van der Waals surface area (Å²) >= 11 is 5.74. The monoisotopic (exact) mass is 289 g/mol. The van der Waals surface area contributed by atoms with Gasteiger partial charge in [-0.25, -0.2) is 4.98 Å². The number of benzene rings is 1. The molecule has 0 radical (unpaired) electrons. The Morgan fingerprint density at radius 3 is 2.55 bits per heavy atom. The van der Waals surface area contributed by atoms with Crippen LogP contribution in [0.5, 0.6) is 0 Å². The van der Waals surface area contributed by atoms with Crippen LogP contribution in [0.2, 0.25) is 5.02 Å². The highest BCUT2D eigenvalue weighted by Gasteiger charge is 2.06. The van der Waals surface area contributed by atoms with E-state index in [1.54, 1.807) is 24.3 Å². The molecule has 5 heteroatoms. The van der Waals surface area contributed by atoms with Crippen LogP contribution in [0.4, 0.5) is 11.5 Å². The highest BCUT2D eigenvalue weighted by molar-refractivity contribution is 6.30.